The van der Waals surface area contributed by atoms with Crippen LogP contribution in [0.5, 0.6) is 5.75 Å². The second-order valence-electron chi connectivity index (χ2n) is 11.0. The van der Waals surface area contributed by atoms with E-state index in [9.17, 15) is 21.6 Å². The minimum Gasteiger partial charge on any atom is -0.497 e. The Bertz CT molecular complexity index is 1720. The van der Waals surface area contributed by atoms with E-state index in [1.54, 1.807) is 62.4 Å². The molecule has 1 amide bonds. The van der Waals surface area contributed by atoms with Crippen molar-refractivity contribution in [2.45, 2.75) is 56.7 Å². The van der Waals surface area contributed by atoms with E-state index in [4.69, 9.17) is 4.74 Å². The highest BCUT2D eigenvalue weighted by molar-refractivity contribution is 7.93. The molecular formula is C33H45N5O6S2. The van der Waals surface area contributed by atoms with Crippen molar-refractivity contribution >= 4 is 48.7 Å². The first kappa shape index (κ1) is 35.1. The molecular weight excluding hydrogens is 627 g/mol. The second-order valence-corrected chi connectivity index (χ2v) is 14.5. The summed E-state index contributed by atoms with van der Waals surface area (Å²) in [5.74, 6) is 0.0635. The molecule has 0 unspecified atom stereocenters. The van der Waals surface area contributed by atoms with Gasteiger partial charge in [-0.3, -0.25) is 9.52 Å². The predicted molar refractivity (Wildman–Crippen MR) is 184 cm³/mol. The van der Waals surface area contributed by atoms with Gasteiger partial charge in [0.2, 0.25) is 10.0 Å². The van der Waals surface area contributed by atoms with E-state index in [-0.39, 0.29) is 21.0 Å². The van der Waals surface area contributed by atoms with Crippen molar-refractivity contribution in [2.75, 3.05) is 66.2 Å². The lowest BCUT2D eigenvalue weighted by atomic mass is 10.1. The van der Waals surface area contributed by atoms with E-state index in [0.717, 1.165) is 32.4 Å². The Balaban J connectivity index is 1.75. The summed E-state index contributed by atoms with van der Waals surface area (Å²) in [5, 5.41) is 2.87. The zero-order valence-corrected chi connectivity index (χ0v) is 28.9. The lowest BCUT2D eigenvalue weighted by Gasteiger charge is -2.31. The standard InChI is InChI=1S/C33H45N5O6S2/c1-6-36(7-2)31-19-15-26(23-32(31)45(40,41)35-25-13-16-27(44-5)17-14-25)34-33(39)29-24-28(46(42,43)38(8-3)9-4)18-20-30(29)37-21-11-10-12-22-37/h13-20,23-24,35H,6-12,21-22H2,1-5H3,(H,34,39). The number of carbonyl (C=O) groups excluding carboxylic acids is 1. The first-order valence-electron chi connectivity index (χ1n) is 15.7. The van der Waals surface area contributed by atoms with E-state index < -0.39 is 26.0 Å². The lowest BCUT2D eigenvalue weighted by Crippen LogP contribution is -2.33. The van der Waals surface area contributed by atoms with Crippen LogP contribution in [-0.4, -0.2) is 73.4 Å². The van der Waals surface area contributed by atoms with E-state index in [0.29, 0.717) is 49.0 Å². The van der Waals surface area contributed by atoms with Crippen LogP contribution >= 0.6 is 0 Å². The Hall–Kier alpha value is -3.81. The average molecular weight is 672 g/mol. The molecule has 46 heavy (non-hydrogen) atoms. The first-order valence-corrected chi connectivity index (χ1v) is 18.7. The van der Waals surface area contributed by atoms with Gasteiger partial charge in [0.15, 0.2) is 0 Å². The molecule has 3 aromatic carbocycles. The zero-order chi connectivity index (χ0) is 33.5. The first-order chi connectivity index (χ1) is 22.0. The van der Waals surface area contributed by atoms with Gasteiger partial charge < -0.3 is 19.9 Å². The van der Waals surface area contributed by atoms with Crippen LogP contribution in [0.1, 0.15) is 57.3 Å². The van der Waals surface area contributed by atoms with Gasteiger partial charge in [-0.05, 0) is 93.8 Å². The summed E-state index contributed by atoms with van der Waals surface area (Å²) >= 11 is 0. The van der Waals surface area contributed by atoms with Crippen molar-refractivity contribution in [3.63, 3.8) is 0 Å². The number of hydrogen-bond acceptors (Lipinski definition) is 8. The largest absolute Gasteiger partial charge is 0.497 e. The molecule has 1 heterocycles. The number of sulfonamides is 2. The van der Waals surface area contributed by atoms with Gasteiger partial charge in [-0.1, -0.05) is 13.8 Å². The zero-order valence-electron chi connectivity index (χ0n) is 27.2. The van der Waals surface area contributed by atoms with E-state index in [2.05, 4.69) is 14.9 Å². The quantitative estimate of drug-likeness (QED) is 0.226. The average Bonchev–Trinajstić information content (AvgIpc) is 3.06. The Labute approximate surface area is 273 Å². The van der Waals surface area contributed by atoms with E-state index >= 15 is 0 Å². The minimum atomic E-state index is -4.10. The van der Waals surface area contributed by atoms with Crippen molar-refractivity contribution in [1.29, 1.82) is 0 Å². The number of nitrogens with one attached hydrogen (secondary N) is 2. The van der Waals surface area contributed by atoms with Gasteiger partial charge in [-0.25, -0.2) is 16.8 Å². The van der Waals surface area contributed by atoms with Crippen LogP contribution in [0.15, 0.2) is 70.5 Å². The maximum atomic E-state index is 14.0. The Kier molecular flexibility index (Phi) is 11.6. The van der Waals surface area contributed by atoms with Crippen molar-refractivity contribution < 1.29 is 26.4 Å². The number of carbonyl (C=O) groups is 1. The number of benzene rings is 3. The third-order valence-corrected chi connectivity index (χ3v) is 11.7. The molecule has 1 saturated heterocycles. The topological polar surface area (TPSA) is 128 Å². The summed E-state index contributed by atoms with van der Waals surface area (Å²) in [6.45, 7) is 10.7. The molecule has 4 rings (SSSR count). The fourth-order valence-corrected chi connectivity index (χ4v) is 8.48. The van der Waals surface area contributed by atoms with Crippen LogP contribution in [0.4, 0.5) is 22.7 Å². The number of methoxy groups -OCH3 is 1. The summed E-state index contributed by atoms with van der Waals surface area (Å²) < 4.78 is 63.6. The molecule has 3 aromatic rings. The van der Waals surface area contributed by atoms with Gasteiger partial charge in [0.25, 0.3) is 15.9 Å². The Morgan fingerprint density at radius 2 is 1.43 bits per heavy atom. The summed E-state index contributed by atoms with van der Waals surface area (Å²) in [4.78, 5) is 18.0. The Morgan fingerprint density at radius 1 is 0.804 bits per heavy atom. The number of nitrogens with zero attached hydrogens (tertiary/aromatic N) is 3. The monoisotopic (exact) mass is 671 g/mol. The highest BCUT2D eigenvalue weighted by Gasteiger charge is 2.27. The van der Waals surface area contributed by atoms with Crippen LogP contribution in [0, 0.1) is 0 Å². The van der Waals surface area contributed by atoms with Crippen LogP contribution in [0.3, 0.4) is 0 Å². The minimum absolute atomic E-state index is 0.000987. The smallest absolute Gasteiger partial charge is 0.264 e. The molecule has 0 atom stereocenters. The number of ether oxygens (including phenoxy) is 1. The fraction of sp³-hybridized carbons (Fsp3) is 0.424. The van der Waals surface area contributed by atoms with Gasteiger partial charge in [0.05, 0.1) is 23.3 Å². The Morgan fingerprint density at radius 3 is 2.02 bits per heavy atom. The van der Waals surface area contributed by atoms with Crippen molar-refractivity contribution in [3.8, 4) is 5.75 Å². The van der Waals surface area contributed by atoms with Crippen LogP contribution in [0.25, 0.3) is 0 Å². The normalized spacial score (nSPS) is 13.8. The molecule has 1 fully saturated rings. The summed E-state index contributed by atoms with van der Waals surface area (Å²) in [6, 6.07) is 16.0. The number of piperidine rings is 1. The van der Waals surface area contributed by atoms with E-state index in [1.165, 1.54) is 23.5 Å². The molecule has 250 valence electrons. The summed E-state index contributed by atoms with van der Waals surface area (Å²) in [6.07, 6.45) is 3.03. The van der Waals surface area contributed by atoms with Crippen molar-refractivity contribution in [1.82, 2.24) is 4.31 Å². The van der Waals surface area contributed by atoms with Crippen LogP contribution < -0.4 is 24.6 Å². The van der Waals surface area contributed by atoms with Gasteiger partial charge in [0.1, 0.15) is 10.6 Å². The molecule has 11 nitrogen and oxygen atoms in total. The maximum Gasteiger partial charge on any atom is 0.264 e. The molecule has 2 N–H and O–H groups in total. The molecule has 1 aliphatic rings. The molecule has 0 spiro atoms. The molecule has 0 aromatic heterocycles. The van der Waals surface area contributed by atoms with Gasteiger partial charge in [-0.15, -0.1) is 0 Å². The fourth-order valence-electron chi connectivity index (χ4n) is 5.68. The highest BCUT2D eigenvalue weighted by Crippen LogP contribution is 2.33. The lowest BCUT2D eigenvalue weighted by molar-refractivity contribution is 0.102. The second kappa shape index (κ2) is 15.2. The third-order valence-electron chi connectivity index (χ3n) is 8.21. The molecule has 13 heteroatoms. The third kappa shape index (κ3) is 7.76. The van der Waals surface area contributed by atoms with Gasteiger partial charge >= 0.3 is 0 Å². The SMILES string of the molecule is CCN(CC)c1ccc(NC(=O)c2cc(S(=O)(=O)N(CC)CC)ccc2N2CCCCC2)cc1S(=O)(=O)Nc1ccc(OC)cc1. The summed E-state index contributed by atoms with van der Waals surface area (Å²) in [7, 11) is -6.39. The van der Waals surface area contributed by atoms with Gasteiger partial charge in [0, 0.05) is 56.3 Å². The van der Waals surface area contributed by atoms with Gasteiger partial charge in [-0.2, -0.15) is 4.31 Å². The summed E-state index contributed by atoms with van der Waals surface area (Å²) in [5.41, 5.74) is 1.97. The van der Waals surface area contributed by atoms with Crippen LogP contribution in [-0.2, 0) is 20.0 Å². The van der Waals surface area contributed by atoms with Crippen molar-refractivity contribution in [2.24, 2.45) is 0 Å². The number of anilines is 4. The van der Waals surface area contributed by atoms with Crippen LogP contribution in [0.2, 0.25) is 0 Å². The predicted octanol–water partition coefficient (Wildman–Crippen LogP) is 5.62. The highest BCUT2D eigenvalue weighted by atomic mass is 32.2. The molecule has 0 aliphatic carbocycles. The number of amides is 1. The maximum absolute atomic E-state index is 14.0. The van der Waals surface area contributed by atoms with Crippen molar-refractivity contribution in [3.05, 3.63) is 66.2 Å². The van der Waals surface area contributed by atoms with E-state index in [1.807, 2.05) is 18.7 Å². The molecule has 1 aliphatic heterocycles. The molecule has 0 saturated carbocycles. The molecule has 0 bridgehead atoms. The number of rotatable bonds is 14. The molecule has 0 radical (unpaired) electrons. The number of hydrogen-bond donors (Lipinski definition) is 2.